The van der Waals surface area contributed by atoms with E-state index in [1.807, 2.05) is 11.6 Å². The molecule has 2 aromatic carbocycles. The van der Waals surface area contributed by atoms with E-state index < -0.39 is 0 Å². The number of hydrogen-bond donors (Lipinski definition) is 0. The van der Waals surface area contributed by atoms with Crippen LogP contribution in [0.15, 0.2) is 35.3 Å². The smallest absolute Gasteiger partial charge is 0.281 e. The molecule has 0 saturated heterocycles. The van der Waals surface area contributed by atoms with Crippen molar-refractivity contribution >= 4 is 50.7 Å². The number of aryl methyl sites for hydroxylation is 3. The Morgan fingerprint density at radius 3 is 2.61 bits per heavy atom. The first-order chi connectivity index (χ1) is 10.9. The highest BCUT2D eigenvalue weighted by Gasteiger charge is 2.12. The summed E-state index contributed by atoms with van der Waals surface area (Å²) in [6, 6.07) is 8.91. The maximum absolute atomic E-state index is 12.4. The molecule has 0 spiro atoms. The number of halogens is 2. The first-order valence-electron chi connectivity index (χ1n) is 6.98. The van der Waals surface area contributed by atoms with E-state index in [1.165, 1.54) is 22.5 Å². The van der Waals surface area contributed by atoms with Gasteiger partial charge in [0.05, 0.1) is 20.8 Å². The zero-order chi connectivity index (χ0) is 16.7. The Kier molecular flexibility index (Phi) is 4.32. The topological polar surface area (TPSA) is 34.4 Å². The van der Waals surface area contributed by atoms with E-state index in [0.717, 1.165) is 10.2 Å². The van der Waals surface area contributed by atoms with Crippen molar-refractivity contribution in [3.05, 3.63) is 61.9 Å². The first-order valence-corrected chi connectivity index (χ1v) is 8.55. The third kappa shape index (κ3) is 2.94. The Morgan fingerprint density at radius 2 is 1.91 bits per heavy atom. The fourth-order valence-corrected chi connectivity index (χ4v) is 4.01. The van der Waals surface area contributed by atoms with Crippen LogP contribution in [0, 0.1) is 13.8 Å². The van der Waals surface area contributed by atoms with Gasteiger partial charge in [-0.3, -0.25) is 4.79 Å². The third-order valence-electron chi connectivity index (χ3n) is 3.85. The molecular weight excluding hydrogens is 351 g/mol. The fraction of sp³-hybridized carbons (Fsp3) is 0.176. The lowest BCUT2D eigenvalue weighted by Gasteiger charge is -2.03. The molecule has 0 bridgehead atoms. The maximum atomic E-state index is 12.4. The molecule has 118 valence electrons. The van der Waals surface area contributed by atoms with Crippen LogP contribution in [0.2, 0.25) is 10.0 Å². The molecule has 1 heterocycles. The van der Waals surface area contributed by atoms with Crippen molar-refractivity contribution in [2.75, 3.05) is 0 Å². The number of carbonyl (C=O) groups excluding carboxylic acids is 1. The zero-order valence-electron chi connectivity index (χ0n) is 12.9. The number of aromatic nitrogens is 1. The van der Waals surface area contributed by atoms with Crippen molar-refractivity contribution in [3.8, 4) is 0 Å². The van der Waals surface area contributed by atoms with E-state index in [4.69, 9.17) is 23.2 Å². The average Bonchev–Trinajstić information content (AvgIpc) is 2.80. The Morgan fingerprint density at radius 1 is 1.17 bits per heavy atom. The van der Waals surface area contributed by atoms with E-state index in [9.17, 15) is 4.79 Å². The van der Waals surface area contributed by atoms with Crippen LogP contribution < -0.4 is 4.80 Å². The number of rotatable bonds is 1. The number of benzene rings is 2. The summed E-state index contributed by atoms with van der Waals surface area (Å²) in [7, 11) is 1.92. The molecule has 0 aliphatic carbocycles. The third-order valence-corrected chi connectivity index (χ3v) is 5.49. The molecular formula is C17H14Cl2N2OS. The van der Waals surface area contributed by atoms with E-state index in [1.54, 1.807) is 18.2 Å². The quantitative estimate of drug-likeness (QED) is 0.604. The number of fused-ring (bicyclic) bond motifs is 1. The van der Waals surface area contributed by atoms with Gasteiger partial charge in [0.1, 0.15) is 0 Å². The summed E-state index contributed by atoms with van der Waals surface area (Å²) in [4.78, 5) is 17.3. The Balaban J connectivity index is 2.16. The summed E-state index contributed by atoms with van der Waals surface area (Å²) >= 11 is 13.4. The zero-order valence-corrected chi connectivity index (χ0v) is 15.2. The highest BCUT2D eigenvalue weighted by atomic mass is 35.5. The molecule has 0 radical (unpaired) electrons. The van der Waals surface area contributed by atoms with E-state index >= 15 is 0 Å². The van der Waals surface area contributed by atoms with Gasteiger partial charge in [0.2, 0.25) is 0 Å². The van der Waals surface area contributed by atoms with Crippen LogP contribution in [0.3, 0.4) is 0 Å². The number of carbonyl (C=O) groups is 1. The normalized spacial score (nSPS) is 12.1. The van der Waals surface area contributed by atoms with Crippen LogP contribution in [-0.4, -0.2) is 10.5 Å². The second-order valence-electron chi connectivity index (χ2n) is 5.34. The van der Waals surface area contributed by atoms with Crippen LogP contribution in [0.5, 0.6) is 0 Å². The van der Waals surface area contributed by atoms with Gasteiger partial charge >= 0.3 is 0 Å². The van der Waals surface area contributed by atoms with E-state index in [2.05, 4.69) is 31.0 Å². The molecule has 0 aliphatic rings. The number of thiazole rings is 1. The SMILES string of the molecule is Cc1ccc2sc(=NC(=O)c3ccc(Cl)cc3Cl)n(C)c2c1C. The summed E-state index contributed by atoms with van der Waals surface area (Å²) in [5, 5.41) is 0.798. The summed E-state index contributed by atoms with van der Waals surface area (Å²) in [6.45, 7) is 4.15. The molecule has 0 saturated carbocycles. The van der Waals surface area contributed by atoms with E-state index in [0.29, 0.717) is 20.4 Å². The van der Waals surface area contributed by atoms with Crippen LogP contribution in [0.4, 0.5) is 0 Å². The minimum atomic E-state index is -0.372. The summed E-state index contributed by atoms with van der Waals surface area (Å²) in [6.07, 6.45) is 0. The molecule has 3 nitrogen and oxygen atoms in total. The van der Waals surface area contributed by atoms with Crippen LogP contribution >= 0.6 is 34.5 Å². The van der Waals surface area contributed by atoms with Crippen molar-refractivity contribution in [1.29, 1.82) is 0 Å². The van der Waals surface area contributed by atoms with Gasteiger partial charge in [0.25, 0.3) is 5.91 Å². The van der Waals surface area contributed by atoms with Gasteiger partial charge in [0, 0.05) is 12.1 Å². The first kappa shape index (κ1) is 16.2. The Hall–Kier alpha value is -1.62. The molecule has 6 heteroatoms. The molecule has 1 aromatic heterocycles. The molecule has 23 heavy (non-hydrogen) atoms. The number of hydrogen-bond acceptors (Lipinski definition) is 2. The van der Waals surface area contributed by atoms with Gasteiger partial charge in [-0.1, -0.05) is 40.6 Å². The van der Waals surface area contributed by atoms with Gasteiger partial charge in [0.15, 0.2) is 4.80 Å². The van der Waals surface area contributed by atoms with Crippen molar-refractivity contribution in [2.24, 2.45) is 12.0 Å². The predicted molar refractivity (Wildman–Crippen MR) is 96.6 cm³/mol. The van der Waals surface area contributed by atoms with Crippen molar-refractivity contribution in [1.82, 2.24) is 4.57 Å². The highest BCUT2D eigenvalue weighted by Crippen LogP contribution is 2.24. The van der Waals surface area contributed by atoms with Crippen LogP contribution in [0.25, 0.3) is 10.2 Å². The van der Waals surface area contributed by atoms with Crippen molar-refractivity contribution in [2.45, 2.75) is 13.8 Å². The molecule has 0 unspecified atom stereocenters. The maximum Gasteiger partial charge on any atom is 0.281 e. The summed E-state index contributed by atoms with van der Waals surface area (Å²) in [5.41, 5.74) is 3.86. The van der Waals surface area contributed by atoms with Gasteiger partial charge in [-0.2, -0.15) is 4.99 Å². The lowest BCUT2D eigenvalue weighted by Crippen LogP contribution is -2.14. The molecule has 0 fully saturated rings. The lowest BCUT2D eigenvalue weighted by molar-refractivity contribution is 0.0998. The lowest BCUT2D eigenvalue weighted by atomic mass is 10.1. The monoisotopic (exact) mass is 364 g/mol. The van der Waals surface area contributed by atoms with Gasteiger partial charge in [-0.05, 0) is 49.2 Å². The minimum absolute atomic E-state index is 0.307. The van der Waals surface area contributed by atoms with E-state index in [-0.39, 0.29) is 5.91 Å². The second kappa shape index (κ2) is 6.11. The largest absolute Gasteiger partial charge is 0.319 e. The molecule has 3 rings (SSSR count). The molecule has 0 atom stereocenters. The number of nitrogens with zero attached hydrogens (tertiary/aromatic N) is 2. The Bertz CT molecular complexity index is 1000. The van der Waals surface area contributed by atoms with Gasteiger partial charge < -0.3 is 4.57 Å². The highest BCUT2D eigenvalue weighted by molar-refractivity contribution is 7.16. The summed E-state index contributed by atoms with van der Waals surface area (Å²) < 4.78 is 3.05. The second-order valence-corrected chi connectivity index (χ2v) is 7.19. The summed E-state index contributed by atoms with van der Waals surface area (Å²) in [5.74, 6) is -0.372. The predicted octanol–water partition coefficient (Wildman–Crippen LogP) is 4.90. The average molecular weight is 365 g/mol. The molecule has 3 aromatic rings. The standard InChI is InChI=1S/C17H14Cl2N2OS/c1-9-4-7-14-15(10(9)2)21(3)17(23-14)20-16(22)12-6-5-11(18)8-13(12)19/h4-8H,1-3H3. The van der Waals surface area contributed by atoms with Gasteiger partial charge in [-0.15, -0.1) is 0 Å². The van der Waals surface area contributed by atoms with Crippen LogP contribution in [-0.2, 0) is 7.05 Å². The fourth-order valence-electron chi connectivity index (χ4n) is 2.45. The van der Waals surface area contributed by atoms with Gasteiger partial charge in [-0.25, -0.2) is 0 Å². The van der Waals surface area contributed by atoms with Crippen LogP contribution in [0.1, 0.15) is 21.5 Å². The molecule has 0 aliphatic heterocycles. The minimum Gasteiger partial charge on any atom is -0.319 e. The molecule has 1 amide bonds. The van der Waals surface area contributed by atoms with Crippen molar-refractivity contribution < 1.29 is 4.79 Å². The van der Waals surface area contributed by atoms with Crippen molar-refractivity contribution in [3.63, 3.8) is 0 Å². The number of amides is 1. The Labute approximate surface area is 147 Å². The molecule has 0 N–H and O–H groups in total.